The number of likely N-dealkylation sites (N-methyl/N-ethyl adjacent to an activating group) is 1. The third kappa shape index (κ3) is 7.96. The first kappa shape index (κ1) is 26.5. The second kappa shape index (κ2) is 13.7. The number of benzene rings is 2. The minimum atomic E-state index is 0. The van der Waals surface area contributed by atoms with Crippen LogP contribution in [0.2, 0.25) is 0 Å². The molecule has 0 amide bonds. The van der Waals surface area contributed by atoms with E-state index in [0.29, 0.717) is 6.54 Å². The lowest BCUT2D eigenvalue weighted by Gasteiger charge is -2.22. The Balaban J connectivity index is 0.00000385. The molecule has 0 unspecified atom stereocenters. The normalized spacial score (nSPS) is 11.0. The molecule has 2 aromatic carbocycles. The van der Waals surface area contributed by atoms with Crippen LogP contribution in [0.4, 0.5) is 0 Å². The molecule has 1 N–H and O–H groups in total. The summed E-state index contributed by atoms with van der Waals surface area (Å²) < 4.78 is 12.7. The molecule has 0 saturated heterocycles. The molecule has 1 heterocycles. The number of guanidine groups is 1. The molecule has 3 rings (SSSR count). The molecule has 7 nitrogen and oxygen atoms in total. The van der Waals surface area contributed by atoms with Gasteiger partial charge in [0.1, 0.15) is 0 Å². The van der Waals surface area contributed by atoms with Crippen LogP contribution in [-0.4, -0.2) is 55.0 Å². The van der Waals surface area contributed by atoms with Crippen LogP contribution in [0.1, 0.15) is 23.6 Å². The molecule has 0 bridgehead atoms. The monoisotopic (exact) mass is 563 g/mol. The fraction of sp³-hybridized carbons (Fsp3) is 0.360. The number of hydrogen-bond acceptors (Lipinski definition) is 4. The zero-order valence-corrected chi connectivity index (χ0v) is 22.2. The van der Waals surface area contributed by atoms with Gasteiger partial charge in [0, 0.05) is 31.9 Å². The van der Waals surface area contributed by atoms with Crippen LogP contribution in [0.3, 0.4) is 0 Å². The number of aromatic nitrogens is 2. The van der Waals surface area contributed by atoms with Gasteiger partial charge < -0.3 is 19.7 Å². The van der Waals surface area contributed by atoms with Crippen molar-refractivity contribution in [3.63, 3.8) is 0 Å². The second-order valence-electron chi connectivity index (χ2n) is 7.56. The SMILES string of the molecule is CCNC(=NCc1cnn(Cc2ccccc2)c1)N(C)CCc1ccc(OC)c(OC)c1.I. The highest BCUT2D eigenvalue weighted by atomic mass is 127. The molecule has 0 saturated carbocycles. The predicted octanol–water partition coefficient (Wildman–Crippen LogP) is 4.21. The lowest BCUT2D eigenvalue weighted by atomic mass is 10.1. The van der Waals surface area contributed by atoms with Gasteiger partial charge >= 0.3 is 0 Å². The van der Waals surface area contributed by atoms with Gasteiger partial charge in [0.2, 0.25) is 0 Å². The Morgan fingerprint density at radius 1 is 1.03 bits per heavy atom. The van der Waals surface area contributed by atoms with E-state index in [-0.39, 0.29) is 24.0 Å². The minimum Gasteiger partial charge on any atom is -0.493 e. The Bertz CT molecular complexity index is 1010. The molecule has 33 heavy (non-hydrogen) atoms. The van der Waals surface area contributed by atoms with Gasteiger partial charge in [-0.25, -0.2) is 4.99 Å². The first-order valence-corrected chi connectivity index (χ1v) is 10.9. The third-order valence-electron chi connectivity index (χ3n) is 5.17. The maximum Gasteiger partial charge on any atom is 0.193 e. The summed E-state index contributed by atoms with van der Waals surface area (Å²) in [4.78, 5) is 6.96. The van der Waals surface area contributed by atoms with Crippen molar-refractivity contribution >= 4 is 29.9 Å². The largest absolute Gasteiger partial charge is 0.493 e. The van der Waals surface area contributed by atoms with E-state index in [4.69, 9.17) is 14.5 Å². The van der Waals surface area contributed by atoms with E-state index >= 15 is 0 Å². The van der Waals surface area contributed by atoms with Crippen molar-refractivity contribution in [1.82, 2.24) is 20.0 Å². The summed E-state index contributed by atoms with van der Waals surface area (Å²) in [6.45, 7) is 5.06. The van der Waals surface area contributed by atoms with Gasteiger partial charge in [-0.1, -0.05) is 36.4 Å². The van der Waals surface area contributed by atoms with Crippen molar-refractivity contribution in [2.24, 2.45) is 4.99 Å². The van der Waals surface area contributed by atoms with Crippen molar-refractivity contribution in [2.75, 3.05) is 34.4 Å². The summed E-state index contributed by atoms with van der Waals surface area (Å²) in [5, 5.41) is 7.86. The smallest absolute Gasteiger partial charge is 0.193 e. The molecule has 0 aliphatic carbocycles. The van der Waals surface area contributed by atoms with Gasteiger partial charge in [0.25, 0.3) is 0 Å². The Morgan fingerprint density at radius 2 is 1.79 bits per heavy atom. The van der Waals surface area contributed by atoms with Gasteiger partial charge in [-0.2, -0.15) is 5.10 Å². The van der Waals surface area contributed by atoms with E-state index in [1.807, 2.05) is 41.2 Å². The molecule has 1 aromatic heterocycles. The number of rotatable bonds is 10. The molecule has 0 spiro atoms. The first-order valence-electron chi connectivity index (χ1n) is 10.9. The number of halogens is 1. The van der Waals surface area contributed by atoms with E-state index < -0.39 is 0 Å². The van der Waals surface area contributed by atoms with Crippen LogP contribution >= 0.6 is 24.0 Å². The molecule has 0 aliphatic heterocycles. The summed E-state index contributed by atoms with van der Waals surface area (Å²) in [6, 6.07) is 16.4. The highest BCUT2D eigenvalue weighted by Gasteiger charge is 2.09. The summed E-state index contributed by atoms with van der Waals surface area (Å²) in [7, 11) is 5.36. The molecule has 0 radical (unpaired) electrons. The van der Waals surface area contributed by atoms with Gasteiger partial charge in [0.15, 0.2) is 17.5 Å². The lowest BCUT2D eigenvalue weighted by Crippen LogP contribution is -2.39. The number of methoxy groups -OCH3 is 2. The molecule has 178 valence electrons. The van der Waals surface area contributed by atoms with Crippen LogP contribution in [0.5, 0.6) is 11.5 Å². The Morgan fingerprint density at radius 3 is 2.48 bits per heavy atom. The molecule has 0 fully saturated rings. The van der Waals surface area contributed by atoms with Crippen LogP contribution < -0.4 is 14.8 Å². The van der Waals surface area contributed by atoms with Crippen LogP contribution in [0, 0.1) is 0 Å². The van der Waals surface area contributed by atoms with Gasteiger partial charge in [-0.05, 0) is 36.6 Å². The summed E-state index contributed by atoms with van der Waals surface area (Å²) in [5.74, 6) is 2.37. The first-order chi connectivity index (χ1) is 15.6. The number of nitrogens with one attached hydrogen (secondary N) is 1. The molecule has 8 heteroatoms. The average Bonchev–Trinajstić information content (AvgIpc) is 3.27. The van der Waals surface area contributed by atoms with Crippen molar-refractivity contribution in [2.45, 2.75) is 26.4 Å². The quantitative estimate of drug-likeness (QED) is 0.228. The zero-order chi connectivity index (χ0) is 22.8. The van der Waals surface area contributed by atoms with E-state index in [0.717, 1.165) is 49.1 Å². The van der Waals surface area contributed by atoms with Crippen LogP contribution in [0.25, 0.3) is 0 Å². The maximum atomic E-state index is 5.41. The Kier molecular flexibility index (Phi) is 11.0. The van der Waals surface area contributed by atoms with Gasteiger partial charge in [0.05, 0.1) is 33.5 Å². The van der Waals surface area contributed by atoms with E-state index in [9.17, 15) is 0 Å². The molecule has 0 atom stereocenters. The standard InChI is InChI=1S/C25H33N5O2.HI/c1-5-26-25(29(2)14-13-20-11-12-23(31-3)24(15-20)32-4)27-16-22-17-28-30(19-22)18-21-9-7-6-8-10-21;/h6-12,15,17,19H,5,13-14,16,18H2,1-4H3,(H,26,27);1H. The number of ether oxygens (including phenoxy) is 2. The second-order valence-corrected chi connectivity index (χ2v) is 7.56. The van der Waals surface area contributed by atoms with Crippen LogP contribution in [0.15, 0.2) is 65.9 Å². The highest BCUT2D eigenvalue weighted by Crippen LogP contribution is 2.27. The average molecular weight is 563 g/mol. The predicted molar refractivity (Wildman–Crippen MR) is 144 cm³/mol. The Labute approximate surface area is 213 Å². The maximum absolute atomic E-state index is 5.41. The lowest BCUT2D eigenvalue weighted by molar-refractivity contribution is 0.354. The molecular weight excluding hydrogens is 529 g/mol. The summed E-state index contributed by atoms with van der Waals surface area (Å²) >= 11 is 0. The van der Waals surface area contributed by atoms with Gasteiger partial charge in [-0.3, -0.25) is 4.68 Å². The fourth-order valence-corrected chi connectivity index (χ4v) is 3.42. The van der Waals surface area contributed by atoms with Crippen molar-refractivity contribution in [1.29, 1.82) is 0 Å². The van der Waals surface area contributed by atoms with Crippen LogP contribution in [-0.2, 0) is 19.5 Å². The summed E-state index contributed by atoms with van der Waals surface area (Å²) in [5.41, 5.74) is 3.51. The number of hydrogen-bond donors (Lipinski definition) is 1. The fourth-order valence-electron chi connectivity index (χ4n) is 3.42. The van der Waals surface area contributed by atoms with Crippen molar-refractivity contribution in [3.8, 4) is 11.5 Å². The minimum absolute atomic E-state index is 0. The molecular formula is C25H34IN5O2. The van der Waals surface area contributed by atoms with E-state index in [1.54, 1.807) is 14.2 Å². The summed E-state index contributed by atoms with van der Waals surface area (Å²) in [6.07, 6.45) is 4.82. The topological polar surface area (TPSA) is 63.9 Å². The highest BCUT2D eigenvalue weighted by molar-refractivity contribution is 14.0. The third-order valence-corrected chi connectivity index (χ3v) is 5.17. The van der Waals surface area contributed by atoms with E-state index in [2.05, 4.69) is 53.7 Å². The molecule has 0 aliphatic rings. The van der Waals surface area contributed by atoms with Crippen molar-refractivity contribution in [3.05, 3.63) is 77.6 Å². The number of aliphatic imine (C=N–C) groups is 1. The van der Waals surface area contributed by atoms with Crippen molar-refractivity contribution < 1.29 is 9.47 Å². The van der Waals surface area contributed by atoms with Gasteiger partial charge in [-0.15, -0.1) is 24.0 Å². The van der Waals surface area contributed by atoms with E-state index in [1.165, 1.54) is 11.1 Å². The zero-order valence-electron chi connectivity index (χ0n) is 19.8. The number of nitrogens with zero attached hydrogens (tertiary/aromatic N) is 4. The molecule has 3 aromatic rings. The Hall–Kier alpha value is -2.75.